The van der Waals surface area contributed by atoms with E-state index in [1.165, 1.54) is 19.2 Å². The lowest BCUT2D eigenvalue weighted by Crippen LogP contribution is -2.42. The van der Waals surface area contributed by atoms with Gasteiger partial charge in [-0.05, 0) is 31.2 Å². The van der Waals surface area contributed by atoms with Crippen molar-refractivity contribution < 1.29 is 14.4 Å². The van der Waals surface area contributed by atoms with E-state index in [9.17, 15) is 14.4 Å². The zero-order valence-electron chi connectivity index (χ0n) is 13.9. The Balaban J connectivity index is 1.80. The number of nitrogens with zero attached hydrogens (tertiary/aromatic N) is 2. The van der Waals surface area contributed by atoms with Gasteiger partial charge in [-0.1, -0.05) is 40.9 Å². The van der Waals surface area contributed by atoms with Crippen LogP contribution in [0.2, 0.25) is 15.2 Å². The Kier molecular flexibility index (Phi) is 5.28. The van der Waals surface area contributed by atoms with Gasteiger partial charge in [0.25, 0.3) is 5.91 Å². The minimum absolute atomic E-state index is 0.0980. The van der Waals surface area contributed by atoms with Gasteiger partial charge in [-0.2, -0.15) is 0 Å². The standard InChI is InChI=1S/C17H13Cl3N4O3/c1-17(10-5-4-9(18)7-11(10)19)15(26)24(16(27)23-17)8-13(25)22-12-3-2-6-21-14(12)20/h2-7H,8H2,1H3,(H,22,25)(H,23,27)/t17-/m0/s1. The van der Waals surface area contributed by atoms with Crippen LogP contribution in [0.1, 0.15) is 12.5 Å². The van der Waals surface area contributed by atoms with Crippen molar-refractivity contribution in [2.45, 2.75) is 12.5 Å². The molecule has 1 fully saturated rings. The maximum atomic E-state index is 12.9. The Labute approximate surface area is 169 Å². The molecule has 3 rings (SSSR count). The fraction of sp³-hybridized carbons (Fsp3) is 0.176. The summed E-state index contributed by atoms with van der Waals surface area (Å²) in [5.74, 6) is -1.20. The number of anilines is 1. The molecule has 4 amide bonds. The Morgan fingerprint density at radius 3 is 2.67 bits per heavy atom. The van der Waals surface area contributed by atoms with Gasteiger partial charge in [0.15, 0.2) is 5.15 Å². The number of rotatable bonds is 4. The third-order valence-electron chi connectivity index (χ3n) is 4.08. The third-order valence-corrected chi connectivity index (χ3v) is 4.93. The van der Waals surface area contributed by atoms with Gasteiger partial charge in [-0.25, -0.2) is 9.78 Å². The van der Waals surface area contributed by atoms with Gasteiger partial charge in [0.2, 0.25) is 5.91 Å². The lowest BCUT2D eigenvalue weighted by atomic mass is 9.92. The molecule has 0 spiro atoms. The van der Waals surface area contributed by atoms with Gasteiger partial charge < -0.3 is 10.6 Å². The van der Waals surface area contributed by atoms with Crippen molar-refractivity contribution in [2.24, 2.45) is 0 Å². The highest BCUT2D eigenvalue weighted by molar-refractivity contribution is 6.35. The molecule has 2 aromatic rings. The Morgan fingerprint density at radius 2 is 2.00 bits per heavy atom. The average molecular weight is 428 g/mol. The van der Waals surface area contributed by atoms with Crippen LogP contribution in [0.25, 0.3) is 0 Å². The van der Waals surface area contributed by atoms with Gasteiger partial charge in [0.05, 0.1) is 5.69 Å². The van der Waals surface area contributed by atoms with Gasteiger partial charge >= 0.3 is 6.03 Å². The second-order valence-corrected chi connectivity index (χ2v) is 7.16. The second-order valence-electron chi connectivity index (χ2n) is 5.96. The van der Waals surface area contributed by atoms with Crippen molar-refractivity contribution in [2.75, 3.05) is 11.9 Å². The zero-order valence-corrected chi connectivity index (χ0v) is 16.2. The van der Waals surface area contributed by atoms with E-state index in [0.29, 0.717) is 10.6 Å². The molecule has 27 heavy (non-hydrogen) atoms. The number of amides is 4. The number of carbonyl (C=O) groups excluding carboxylic acids is 3. The molecule has 10 heteroatoms. The van der Waals surface area contributed by atoms with Crippen molar-refractivity contribution in [3.05, 3.63) is 57.3 Å². The minimum Gasteiger partial charge on any atom is -0.322 e. The van der Waals surface area contributed by atoms with E-state index >= 15 is 0 Å². The molecule has 1 aliphatic rings. The van der Waals surface area contributed by atoms with E-state index in [1.807, 2.05) is 0 Å². The summed E-state index contributed by atoms with van der Waals surface area (Å²) >= 11 is 18.0. The number of carbonyl (C=O) groups is 3. The number of aromatic nitrogens is 1. The van der Waals surface area contributed by atoms with E-state index in [2.05, 4.69) is 15.6 Å². The average Bonchev–Trinajstić information content (AvgIpc) is 2.81. The number of halogens is 3. The molecule has 1 saturated heterocycles. The summed E-state index contributed by atoms with van der Waals surface area (Å²) in [6.07, 6.45) is 1.47. The van der Waals surface area contributed by atoms with Gasteiger partial charge in [-0.15, -0.1) is 0 Å². The molecular weight excluding hydrogens is 415 g/mol. The fourth-order valence-electron chi connectivity index (χ4n) is 2.73. The molecule has 140 valence electrons. The lowest BCUT2D eigenvalue weighted by molar-refractivity contribution is -0.133. The number of nitrogens with one attached hydrogen (secondary N) is 2. The number of hydrogen-bond donors (Lipinski definition) is 2. The van der Waals surface area contributed by atoms with Crippen LogP contribution in [0.15, 0.2) is 36.5 Å². The second kappa shape index (κ2) is 7.34. The highest BCUT2D eigenvalue weighted by Gasteiger charge is 2.50. The molecule has 2 heterocycles. The first kappa shape index (κ1) is 19.4. The van der Waals surface area contributed by atoms with Gasteiger partial charge in [-0.3, -0.25) is 14.5 Å². The highest BCUT2D eigenvalue weighted by Crippen LogP contribution is 2.34. The molecular formula is C17H13Cl3N4O3. The molecule has 0 radical (unpaired) electrons. The first-order chi connectivity index (χ1) is 12.7. The molecule has 1 aromatic heterocycles. The Hall–Kier alpha value is -2.35. The first-order valence-electron chi connectivity index (χ1n) is 7.72. The molecule has 1 aliphatic heterocycles. The fourth-order valence-corrected chi connectivity index (χ4v) is 3.49. The van der Waals surface area contributed by atoms with Crippen molar-refractivity contribution >= 4 is 58.3 Å². The maximum absolute atomic E-state index is 12.9. The summed E-state index contributed by atoms with van der Waals surface area (Å²) in [4.78, 5) is 42.1. The number of hydrogen-bond acceptors (Lipinski definition) is 4. The van der Waals surface area contributed by atoms with Crippen molar-refractivity contribution in [3.8, 4) is 0 Å². The number of urea groups is 1. The molecule has 0 saturated carbocycles. The van der Waals surface area contributed by atoms with E-state index in [4.69, 9.17) is 34.8 Å². The SMILES string of the molecule is C[C@@]1(c2ccc(Cl)cc2Cl)NC(=O)N(CC(=O)Nc2cccnc2Cl)C1=O. The predicted molar refractivity (Wildman–Crippen MR) is 102 cm³/mol. The third kappa shape index (κ3) is 3.71. The molecule has 0 aliphatic carbocycles. The summed E-state index contributed by atoms with van der Waals surface area (Å²) in [7, 11) is 0. The summed E-state index contributed by atoms with van der Waals surface area (Å²) < 4.78 is 0. The van der Waals surface area contributed by atoms with E-state index in [1.54, 1.807) is 24.3 Å². The Morgan fingerprint density at radius 1 is 1.26 bits per heavy atom. The number of benzene rings is 1. The monoisotopic (exact) mass is 426 g/mol. The number of imide groups is 1. The van der Waals surface area contributed by atoms with Gasteiger partial charge in [0, 0.05) is 21.8 Å². The summed E-state index contributed by atoms with van der Waals surface area (Å²) in [6.45, 7) is 1.02. The molecule has 2 N–H and O–H groups in total. The maximum Gasteiger partial charge on any atom is 0.325 e. The minimum atomic E-state index is -1.41. The van der Waals surface area contributed by atoms with Crippen LogP contribution in [0.4, 0.5) is 10.5 Å². The van der Waals surface area contributed by atoms with Crippen LogP contribution in [0.3, 0.4) is 0 Å². The zero-order chi connectivity index (χ0) is 19.8. The lowest BCUT2D eigenvalue weighted by Gasteiger charge is -2.23. The smallest absolute Gasteiger partial charge is 0.322 e. The van der Waals surface area contributed by atoms with Gasteiger partial charge in [0.1, 0.15) is 12.1 Å². The quantitative estimate of drug-likeness (QED) is 0.577. The van der Waals surface area contributed by atoms with E-state index in [-0.39, 0.29) is 15.9 Å². The Bertz CT molecular complexity index is 953. The number of pyridine rings is 1. The van der Waals surface area contributed by atoms with Crippen molar-refractivity contribution in [3.63, 3.8) is 0 Å². The predicted octanol–water partition coefficient (Wildman–Crippen LogP) is 3.45. The van der Waals surface area contributed by atoms with E-state index in [0.717, 1.165) is 4.90 Å². The summed E-state index contributed by atoms with van der Waals surface area (Å²) in [5.41, 5.74) is -0.754. The molecule has 7 nitrogen and oxygen atoms in total. The van der Waals surface area contributed by atoms with Crippen LogP contribution in [0, 0.1) is 0 Å². The van der Waals surface area contributed by atoms with Crippen molar-refractivity contribution in [1.29, 1.82) is 0 Å². The normalized spacial score (nSPS) is 19.2. The largest absolute Gasteiger partial charge is 0.325 e. The summed E-state index contributed by atoms with van der Waals surface area (Å²) in [5, 5.41) is 5.82. The highest BCUT2D eigenvalue weighted by atomic mass is 35.5. The first-order valence-corrected chi connectivity index (χ1v) is 8.86. The van der Waals surface area contributed by atoms with E-state index < -0.39 is 29.9 Å². The van der Waals surface area contributed by atoms with Crippen LogP contribution < -0.4 is 10.6 Å². The molecule has 1 aromatic carbocycles. The molecule has 0 bridgehead atoms. The van der Waals surface area contributed by atoms with Crippen LogP contribution >= 0.6 is 34.8 Å². The van der Waals surface area contributed by atoms with Crippen LogP contribution in [-0.4, -0.2) is 34.3 Å². The summed E-state index contributed by atoms with van der Waals surface area (Å²) in [6, 6.07) is 7.03. The van der Waals surface area contributed by atoms with Crippen LogP contribution in [-0.2, 0) is 15.1 Å². The molecule has 1 atom stereocenters. The molecule has 0 unspecified atom stereocenters. The van der Waals surface area contributed by atoms with Crippen molar-refractivity contribution in [1.82, 2.24) is 15.2 Å². The topological polar surface area (TPSA) is 91.4 Å². The van der Waals surface area contributed by atoms with Crippen LogP contribution in [0.5, 0.6) is 0 Å².